The first-order valence-electron chi connectivity index (χ1n) is 4.83. The van der Waals surface area contributed by atoms with Gasteiger partial charge in [0.15, 0.2) is 0 Å². The molecule has 3 nitrogen and oxygen atoms in total. The molecule has 1 N–H and O–H groups in total. The molecule has 0 fully saturated rings. The number of hydrogen-bond donors (Lipinski definition) is 1. The van der Waals surface area contributed by atoms with Crippen molar-refractivity contribution in [3.63, 3.8) is 0 Å². The van der Waals surface area contributed by atoms with E-state index < -0.39 is 10.0 Å². The second-order valence-corrected chi connectivity index (χ2v) is 7.30. The van der Waals surface area contributed by atoms with Crippen LogP contribution in [0.25, 0.3) is 0 Å². The standard InChI is InChI=1S/C9H13Cl2NO2S2/c1-2-7(5-6-10)12-16(13,14)9-4-3-8(11)15-9/h3-4,7,12H,2,5-6H2,1H3. The molecule has 0 saturated carbocycles. The summed E-state index contributed by atoms with van der Waals surface area (Å²) >= 11 is 12.4. The summed E-state index contributed by atoms with van der Waals surface area (Å²) in [6.45, 7) is 1.92. The molecule has 0 spiro atoms. The number of rotatable bonds is 6. The van der Waals surface area contributed by atoms with Gasteiger partial charge in [-0.25, -0.2) is 13.1 Å². The molecule has 0 aliphatic rings. The first-order chi connectivity index (χ1) is 7.49. The summed E-state index contributed by atoms with van der Waals surface area (Å²) in [5, 5.41) is 0. The van der Waals surface area contributed by atoms with Crippen molar-refractivity contribution in [2.45, 2.75) is 30.0 Å². The van der Waals surface area contributed by atoms with Gasteiger partial charge in [0, 0.05) is 11.9 Å². The van der Waals surface area contributed by atoms with Gasteiger partial charge in [0.25, 0.3) is 0 Å². The Hall–Kier alpha value is 0.190. The van der Waals surface area contributed by atoms with Crippen LogP contribution >= 0.6 is 34.5 Å². The SMILES string of the molecule is CCC(CCCl)NS(=O)(=O)c1ccc(Cl)s1. The molecule has 1 aromatic rings. The normalized spacial score (nSPS) is 13.9. The highest BCUT2D eigenvalue weighted by Crippen LogP contribution is 2.25. The average Bonchev–Trinajstić information content (AvgIpc) is 2.64. The summed E-state index contributed by atoms with van der Waals surface area (Å²) in [4.78, 5) is 0. The Bertz CT molecular complexity index is 430. The van der Waals surface area contributed by atoms with Crippen molar-refractivity contribution >= 4 is 44.6 Å². The van der Waals surface area contributed by atoms with Crippen LogP contribution in [0, 0.1) is 0 Å². The maximum atomic E-state index is 11.9. The fourth-order valence-electron chi connectivity index (χ4n) is 1.20. The average molecular weight is 302 g/mol. The molecular formula is C9H13Cl2NO2S2. The Kier molecular flexibility index (Phi) is 5.53. The zero-order valence-corrected chi connectivity index (χ0v) is 11.9. The number of thiophene rings is 1. The van der Waals surface area contributed by atoms with Crippen molar-refractivity contribution in [2.24, 2.45) is 0 Å². The second kappa shape index (κ2) is 6.21. The molecule has 0 saturated heterocycles. The van der Waals surface area contributed by atoms with E-state index in [-0.39, 0.29) is 10.3 Å². The second-order valence-electron chi connectivity index (χ2n) is 3.26. The van der Waals surface area contributed by atoms with Crippen molar-refractivity contribution in [1.29, 1.82) is 0 Å². The molecular weight excluding hydrogens is 289 g/mol. The lowest BCUT2D eigenvalue weighted by molar-refractivity contribution is 0.533. The first-order valence-corrected chi connectivity index (χ1v) is 8.04. The van der Waals surface area contributed by atoms with E-state index >= 15 is 0 Å². The van der Waals surface area contributed by atoms with E-state index in [2.05, 4.69) is 4.72 Å². The molecule has 1 aromatic heterocycles. The van der Waals surface area contributed by atoms with Gasteiger partial charge in [0.1, 0.15) is 4.21 Å². The van der Waals surface area contributed by atoms with Crippen LogP contribution in [-0.2, 0) is 10.0 Å². The highest BCUT2D eigenvalue weighted by molar-refractivity contribution is 7.91. The van der Waals surface area contributed by atoms with Crippen LogP contribution in [0.15, 0.2) is 16.3 Å². The van der Waals surface area contributed by atoms with Crippen LogP contribution in [0.2, 0.25) is 4.34 Å². The van der Waals surface area contributed by atoms with E-state index in [1.807, 2.05) is 6.92 Å². The van der Waals surface area contributed by atoms with Crippen LogP contribution in [0.3, 0.4) is 0 Å². The molecule has 0 bridgehead atoms. The lowest BCUT2D eigenvalue weighted by atomic mass is 10.2. The highest BCUT2D eigenvalue weighted by atomic mass is 35.5. The molecule has 0 aliphatic carbocycles. The van der Waals surface area contributed by atoms with Gasteiger partial charge in [0.2, 0.25) is 10.0 Å². The smallest absolute Gasteiger partial charge is 0.207 e. The van der Waals surface area contributed by atoms with Crippen molar-refractivity contribution in [1.82, 2.24) is 4.72 Å². The molecule has 0 amide bonds. The van der Waals surface area contributed by atoms with Gasteiger partial charge in [-0.05, 0) is 25.0 Å². The summed E-state index contributed by atoms with van der Waals surface area (Å²) in [7, 11) is -3.45. The Labute approximate surface area is 110 Å². The van der Waals surface area contributed by atoms with E-state index in [1.165, 1.54) is 6.07 Å². The lowest BCUT2D eigenvalue weighted by Crippen LogP contribution is -2.34. The minimum atomic E-state index is -3.45. The van der Waals surface area contributed by atoms with E-state index in [0.717, 1.165) is 11.3 Å². The predicted octanol–water partition coefficient (Wildman–Crippen LogP) is 3.09. The van der Waals surface area contributed by atoms with Crippen LogP contribution < -0.4 is 4.72 Å². The highest BCUT2D eigenvalue weighted by Gasteiger charge is 2.20. The molecule has 92 valence electrons. The van der Waals surface area contributed by atoms with Gasteiger partial charge >= 0.3 is 0 Å². The fraction of sp³-hybridized carbons (Fsp3) is 0.556. The number of alkyl halides is 1. The zero-order valence-electron chi connectivity index (χ0n) is 8.74. The summed E-state index contributed by atoms with van der Waals surface area (Å²) in [5.74, 6) is 0.437. The van der Waals surface area contributed by atoms with Gasteiger partial charge in [0.05, 0.1) is 4.34 Å². The van der Waals surface area contributed by atoms with Crippen molar-refractivity contribution in [3.05, 3.63) is 16.5 Å². The summed E-state index contributed by atoms with van der Waals surface area (Å²) in [5.41, 5.74) is 0. The first kappa shape index (κ1) is 14.3. The van der Waals surface area contributed by atoms with Crippen molar-refractivity contribution in [2.75, 3.05) is 5.88 Å². The lowest BCUT2D eigenvalue weighted by Gasteiger charge is -2.14. The quantitative estimate of drug-likeness (QED) is 0.821. The minimum absolute atomic E-state index is 0.122. The number of hydrogen-bond acceptors (Lipinski definition) is 3. The topological polar surface area (TPSA) is 46.2 Å². The molecule has 1 heterocycles. The van der Waals surface area contributed by atoms with Crippen LogP contribution in [0.5, 0.6) is 0 Å². The monoisotopic (exact) mass is 301 g/mol. The van der Waals surface area contributed by atoms with Gasteiger partial charge in [-0.2, -0.15) is 0 Å². The minimum Gasteiger partial charge on any atom is -0.207 e. The van der Waals surface area contributed by atoms with E-state index in [4.69, 9.17) is 23.2 Å². The molecule has 0 aromatic carbocycles. The van der Waals surface area contributed by atoms with Crippen LogP contribution in [0.1, 0.15) is 19.8 Å². The van der Waals surface area contributed by atoms with Gasteiger partial charge < -0.3 is 0 Å². The van der Waals surface area contributed by atoms with E-state index in [9.17, 15) is 8.42 Å². The number of halogens is 2. The maximum absolute atomic E-state index is 11.9. The summed E-state index contributed by atoms with van der Waals surface area (Å²) < 4.78 is 27.1. The molecule has 16 heavy (non-hydrogen) atoms. The molecule has 1 rings (SSSR count). The van der Waals surface area contributed by atoms with Crippen LogP contribution in [0.4, 0.5) is 0 Å². The third kappa shape index (κ3) is 3.89. The van der Waals surface area contributed by atoms with E-state index in [1.54, 1.807) is 6.07 Å². The van der Waals surface area contributed by atoms with E-state index in [0.29, 0.717) is 23.1 Å². The van der Waals surface area contributed by atoms with Gasteiger partial charge in [-0.1, -0.05) is 18.5 Å². The molecule has 0 aliphatic heterocycles. The molecule has 1 unspecified atom stereocenters. The Morgan fingerprint density at radius 1 is 1.50 bits per heavy atom. The van der Waals surface area contributed by atoms with Crippen molar-refractivity contribution in [3.8, 4) is 0 Å². The Balaban J connectivity index is 2.78. The maximum Gasteiger partial charge on any atom is 0.250 e. The molecule has 7 heteroatoms. The molecule has 0 radical (unpaired) electrons. The zero-order chi connectivity index (χ0) is 12.2. The largest absolute Gasteiger partial charge is 0.250 e. The third-order valence-electron chi connectivity index (χ3n) is 2.09. The number of nitrogens with one attached hydrogen (secondary N) is 1. The summed E-state index contributed by atoms with van der Waals surface area (Å²) in [6, 6.07) is 2.95. The van der Waals surface area contributed by atoms with Gasteiger partial charge in [-0.3, -0.25) is 0 Å². The van der Waals surface area contributed by atoms with Gasteiger partial charge in [-0.15, -0.1) is 22.9 Å². The Morgan fingerprint density at radius 2 is 2.19 bits per heavy atom. The summed E-state index contributed by atoms with van der Waals surface area (Å²) in [6.07, 6.45) is 1.33. The van der Waals surface area contributed by atoms with Crippen LogP contribution in [-0.4, -0.2) is 20.3 Å². The predicted molar refractivity (Wildman–Crippen MR) is 69.1 cm³/mol. The third-order valence-corrected chi connectivity index (χ3v) is 5.55. The Morgan fingerprint density at radius 3 is 2.62 bits per heavy atom. The number of sulfonamides is 1. The molecule has 1 atom stereocenters. The van der Waals surface area contributed by atoms with Crippen molar-refractivity contribution < 1.29 is 8.42 Å². The fourth-order valence-corrected chi connectivity index (χ4v) is 4.31.